The van der Waals surface area contributed by atoms with Gasteiger partial charge in [-0.15, -0.1) is 22.7 Å². The van der Waals surface area contributed by atoms with E-state index in [1.807, 2.05) is 17.5 Å². The highest BCUT2D eigenvalue weighted by molar-refractivity contribution is 7.27. The highest BCUT2D eigenvalue weighted by atomic mass is 35.5. The zero-order valence-electron chi connectivity index (χ0n) is 10.7. The number of Topliss-reactive ketones (excluding diaryl/α,β-unsaturated/α-hetero) is 1. The van der Waals surface area contributed by atoms with Crippen molar-refractivity contribution < 1.29 is 9.53 Å². The van der Waals surface area contributed by atoms with E-state index in [-0.39, 0.29) is 5.78 Å². The third kappa shape index (κ3) is 2.59. The molecule has 2 nitrogen and oxygen atoms in total. The number of rotatable bonds is 4. The monoisotopic (exact) mass is 322 g/mol. The van der Waals surface area contributed by atoms with E-state index in [4.69, 9.17) is 16.3 Å². The molecule has 0 fully saturated rings. The van der Waals surface area contributed by atoms with E-state index < -0.39 is 0 Å². The van der Waals surface area contributed by atoms with E-state index in [0.29, 0.717) is 17.2 Å². The number of halogens is 1. The largest absolute Gasteiger partial charge is 0.496 e. The van der Waals surface area contributed by atoms with Gasteiger partial charge in [0.05, 0.1) is 12.0 Å². The minimum atomic E-state index is 0.0963. The Labute approximate surface area is 129 Å². The second-order valence-corrected chi connectivity index (χ2v) is 6.78. The van der Waals surface area contributed by atoms with Crippen LogP contribution in [0.3, 0.4) is 0 Å². The highest BCUT2D eigenvalue weighted by Crippen LogP contribution is 2.31. The van der Waals surface area contributed by atoms with Crippen LogP contribution in [0.5, 0.6) is 5.75 Å². The zero-order valence-corrected chi connectivity index (χ0v) is 13.1. The molecule has 0 radical (unpaired) electrons. The third-order valence-electron chi connectivity index (χ3n) is 3.01. The number of benzene rings is 1. The van der Waals surface area contributed by atoms with E-state index in [1.165, 1.54) is 11.3 Å². The summed E-state index contributed by atoms with van der Waals surface area (Å²) in [6, 6.07) is 9.34. The molecule has 0 aliphatic heterocycles. The molecule has 2 heterocycles. The molecule has 0 saturated heterocycles. The van der Waals surface area contributed by atoms with E-state index in [0.717, 1.165) is 19.8 Å². The van der Waals surface area contributed by atoms with Crippen LogP contribution in [0.4, 0.5) is 0 Å². The summed E-state index contributed by atoms with van der Waals surface area (Å²) in [5.41, 5.74) is 0.821. The van der Waals surface area contributed by atoms with Gasteiger partial charge in [0.25, 0.3) is 0 Å². The number of fused-ring (bicyclic) bond motifs is 1. The summed E-state index contributed by atoms with van der Waals surface area (Å²) < 4.78 is 7.60. The molecule has 3 rings (SSSR count). The lowest BCUT2D eigenvalue weighted by Crippen LogP contribution is -2.03. The van der Waals surface area contributed by atoms with E-state index >= 15 is 0 Å². The predicted molar refractivity (Wildman–Crippen MR) is 85.7 cm³/mol. The van der Waals surface area contributed by atoms with Gasteiger partial charge in [0.1, 0.15) is 5.75 Å². The lowest BCUT2D eigenvalue weighted by molar-refractivity contribution is 0.0996. The van der Waals surface area contributed by atoms with Crippen molar-refractivity contribution in [3.05, 3.63) is 51.2 Å². The first kappa shape index (κ1) is 13.6. The first-order chi connectivity index (χ1) is 9.67. The molecule has 0 atom stereocenters. The average molecular weight is 323 g/mol. The van der Waals surface area contributed by atoms with Crippen LogP contribution in [0.2, 0.25) is 5.02 Å². The maximum atomic E-state index is 12.4. The third-order valence-corrected chi connectivity index (χ3v) is 5.38. The molecule has 0 spiro atoms. The van der Waals surface area contributed by atoms with Gasteiger partial charge in [-0.05, 0) is 35.7 Å². The minimum Gasteiger partial charge on any atom is -0.496 e. The molecule has 5 heteroatoms. The maximum Gasteiger partial charge on any atom is 0.177 e. The Hall–Kier alpha value is -1.36. The quantitative estimate of drug-likeness (QED) is 0.628. The van der Waals surface area contributed by atoms with Gasteiger partial charge in [-0.1, -0.05) is 11.6 Å². The number of thiophene rings is 2. The van der Waals surface area contributed by atoms with Crippen LogP contribution in [0.15, 0.2) is 35.7 Å². The SMILES string of the molecule is COc1ccc(Cl)cc1CC(=O)c1cc2sccc2s1. The van der Waals surface area contributed by atoms with Gasteiger partial charge in [-0.2, -0.15) is 0 Å². The summed E-state index contributed by atoms with van der Waals surface area (Å²) in [5, 5.41) is 2.65. The molecule has 2 aromatic heterocycles. The van der Waals surface area contributed by atoms with Crippen LogP contribution in [0, 0.1) is 0 Å². The van der Waals surface area contributed by atoms with Crippen molar-refractivity contribution in [2.45, 2.75) is 6.42 Å². The van der Waals surface area contributed by atoms with Crippen LogP contribution in [-0.2, 0) is 6.42 Å². The molecular formula is C15H11ClO2S2. The van der Waals surface area contributed by atoms with E-state index in [9.17, 15) is 4.79 Å². The fourth-order valence-electron chi connectivity index (χ4n) is 2.05. The smallest absolute Gasteiger partial charge is 0.177 e. The molecule has 0 unspecified atom stereocenters. The Kier molecular flexibility index (Phi) is 3.78. The molecule has 0 bridgehead atoms. The van der Waals surface area contributed by atoms with Gasteiger partial charge in [-0.3, -0.25) is 4.79 Å². The lowest BCUT2D eigenvalue weighted by Gasteiger charge is -2.07. The summed E-state index contributed by atoms with van der Waals surface area (Å²) >= 11 is 9.18. The van der Waals surface area contributed by atoms with E-state index in [2.05, 4.69) is 0 Å². The van der Waals surface area contributed by atoms with Crippen molar-refractivity contribution in [1.82, 2.24) is 0 Å². The molecule has 1 aromatic carbocycles. The number of carbonyl (C=O) groups excluding carboxylic acids is 1. The average Bonchev–Trinajstić information content (AvgIpc) is 2.99. The minimum absolute atomic E-state index is 0.0963. The summed E-state index contributed by atoms with van der Waals surface area (Å²) in [7, 11) is 1.60. The molecule has 0 aliphatic carbocycles. The fourth-order valence-corrected chi connectivity index (χ4v) is 4.29. The molecule has 0 aliphatic rings. The first-order valence-electron chi connectivity index (χ1n) is 6.00. The van der Waals surface area contributed by atoms with Gasteiger partial charge >= 0.3 is 0 Å². The maximum absolute atomic E-state index is 12.4. The Bertz CT molecular complexity index is 745. The number of hydrogen-bond donors (Lipinski definition) is 0. The molecule has 0 N–H and O–H groups in total. The van der Waals surface area contributed by atoms with Gasteiger partial charge in [0.2, 0.25) is 0 Å². The van der Waals surface area contributed by atoms with Gasteiger partial charge in [-0.25, -0.2) is 0 Å². The number of methoxy groups -OCH3 is 1. The Morgan fingerprint density at radius 3 is 2.85 bits per heavy atom. The van der Waals surface area contributed by atoms with E-state index in [1.54, 1.807) is 36.6 Å². The second kappa shape index (κ2) is 5.56. The number of carbonyl (C=O) groups is 1. The highest BCUT2D eigenvalue weighted by Gasteiger charge is 2.14. The summed E-state index contributed by atoms with van der Waals surface area (Å²) in [4.78, 5) is 13.2. The van der Waals surface area contributed by atoms with Crippen LogP contribution < -0.4 is 4.74 Å². The standard InChI is InChI=1S/C15H11ClO2S2/c1-18-12-3-2-10(16)6-9(12)7-11(17)14-8-15-13(20-14)4-5-19-15/h2-6,8H,7H2,1H3. The molecule has 0 amide bonds. The Balaban J connectivity index is 1.88. The number of hydrogen-bond acceptors (Lipinski definition) is 4. The van der Waals surface area contributed by atoms with Crippen LogP contribution in [0.25, 0.3) is 9.40 Å². The zero-order chi connectivity index (χ0) is 14.1. The van der Waals surface area contributed by atoms with Crippen molar-refractivity contribution in [2.75, 3.05) is 7.11 Å². The number of ketones is 1. The van der Waals surface area contributed by atoms with Gasteiger partial charge < -0.3 is 4.74 Å². The summed E-state index contributed by atoms with van der Waals surface area (Å²) in [5.74, 6) is 0.792. The predicted octanol–water partition coefficient (Wildman–Crippen LogP) is 5.05. The van der Waals surface area contributed by atoms with Crippen molar-refractivity contribution in [2.24, 2.45) is 0 Å². The molecule has 102 valence electrons. The van der Waals surface area contributed by atoms with Crippen molar-refractivity contribution in [3.8, 4) is 5.75 Å². The normalized spacial score (nSPS) is 10.9. The second-order valence-electron chi connectivity index (χ2n) is 4.32. The van der Waals surface area contributed by atoms with Crippen LogP contribution in [0.1, 0.15) is 15.2 Å². The number of ether oxygens (including phenoxy) is 1. The molecule has 0 saturated carbocycles. The molecule has 20 heavy (non-hydrogen) atoms. The van der Waals surface area contributed by atoms with Gasteiger partial charge in [0.15, 0.2) is 5.78 Å². The fraction of sp³-hybridized carbons (Fsp3) is 0.133. The molecular weight excluding hydrogens is 312 g/mol. The van der Waals surface area contributed by atoms with Crippen molar-refractivity contribution in [3.63, 3.8) is 0 Å². The summed E-state index contributed by atoms with van der Waals surface area (Å²) in [6.07, 6.45) is 0.303. The van der Waals surface area contributed by atoms with Crippen molar-refractivity contribution in [1.29, 1.82) is 0 Å². The molecule has 3 aromatic rings. The van der Waals surface area contributed by atoms with Gasteiger partial charge in [0, 0.05) is 26.4 Å². The Morgan fingerprint density at radius 2 is 2.10 bits per heavy atom. The van der Waals surface area contributed by atoms with Crippen molar-refractivity contribution >= 4 is 49.5 Å². The lowest BCUT2D eigenvalue weighted by atomic mass is 10.1. The van der Waals surface area contributed by atoms with Crippen LogP contribution in [-0.4, -0.2) is 12.9 Å². The Morgan fingerprint density at radius 1 is 1.25 bits per heavy atom. The van der Waals surface area contributed by atoms with Crippen LogP contribution >= 0.6 is 34.3 Å². The summed E-state index contributed by atoms with van der Waals surface area (Å²) in [6.45, 7) is 0. The topological polar surface area (TPSA) is 26.3 Å². The first-order valence-corrected chi connectivity index (χ1v) is 8.07.